The van der Waals surface area contributed by atoms with Gasteiger partial charge in [0.1, 0.15) is 15.7 Å². The molecule has 1 aliphatic carbocycles. The van der Waals surface area contributed by atoms with E-state index in [2.05, 4.69) is 34.3 Å². The van der Waals surface area contributed by atoms with E-state index >= 15 is 0 Å². The standard InChI is InChI=1S/C14H25S/c1-10(2)9-15-13-8-12(14(15,4)5)7-6-11(13)3/h11-13H,1,6-9H2,2-5H3/q+1. The average Bonchev–Trinajstić information content (AvgIpc) is 2.32. The predicted molar refractivity (Wildman–Crippen MR) is 71.4 cm³/mol. The Morgan fingerprint density at radius 3 is 2.67 bits per heavy atom. The second-order valence-electron chi connectivity index (χ2n) is 6.16. The molecule has 86 valence electrons. The smallest absolute Gasteiger partial charge is 0.0955 e. The summed E-state index contributed by atoms with van der Waals surface area (Å²) >= 11 is 0. The van der Waals surface area contributed by atoms with E-state index in [-0.39, 0.29) is 0 Å². The summed E-state index contributed by atoms with van der Waals surface area (Å²) in [5.74, 6) is 3.26. The molecule has 0 N–H and O–H groups in total. The van der Waals surface area contributed by atoms with Crippen LogP contribution in [0.4, 0.5) is 0 Å². The molecule has 2 rings (SSSR count). The molecule has 2 aliphatic rings. The fraction of sp³-hybridized carbons (Fsp3) is 0.857. The lowest BCUT2D eigenvalue weighted by atomic mass is 9.78. The van der Waals surface area contributed by atoms with Crippen LogP contribution in [0.3, 0.4) is 0 Å². The maximum absolute atomic E-state index is 4.13. The first-order valence-electron chi connectivity index (χ1n) is 6.27. The zero-order chi connectivity index (χ0) is 11.2. The van der Waals surface area contributed by atoms with E-state index in [0.29, 0.717) is 15.6 Å². The minimum atomic E-state index is 0.592. The third kappa shape index (κ3) is 1.88. The number of fused-ring (bicyclic) bond motifs is 2. The van der Waals surface area contributed by atoms with Gasteiger partial charge in [0.25, 0.3) is 0 Å². The minimum absolute atomic E-state index is 0.592. The number of hydrogen-bond donors (Lipinski definition) is 0. The highest BCUT2D eigenvalue weighted by Gasteiger charge is 2.60. The Labute approximate surface area is 97.9 Å². The van der Waals surface area contributed by atoms with E-state index in [1.165, 1.54) is 30.6 Å². The fourth-order valence-corrected chi connectivity index (χ4v) is 7.17. The second kappa shape index (κ2) is 3.84. The Kier molecular flexibility index (Phi) is 2.96. The molecule has 15 heavy (non-hydrogen) atoms. The maximum Gasteiger partial charge on any atom is 0.129 e. The van der Waals surface area contributed by atoms with Gasteiger partial charge in [-0.3, -0.25) is 0 Å². The number of hydrogen-bond acceptors (Lipinski definition) is 0. The summed E-state index contributed by atoms with van der Waals surface area (Å²) in [6.07, 6.45) is 4.45. The largest absolute Gasteiger partial charge is 0.129 e. The molecule has 0 nitrogen and oxygen atoms in total. The van der Waals surface area contributed by atoms with Crippen molar-refractivity contribution in [1.82, 2.24) is 0 Å². The summed E-state index contributed by atoms with van der Waals surface area (Å²) in [5.41, 5.74) is 1.39. The monoisotopic (exact) mass is 225 g/mol. The molecule has 0 spiro atoms. The van der Waals surface area contributed by atoms with E-state index in [9.17, 15) is 0 Å². The Morgan fingerprint density at radius 1 is 1.40 bits per heavy atom. The highest BCUT2D eigenvalue weighted by molar-refractivity contribution is 7.99. The maximum atomic E-state index is 4.13. The van der Waals surface area contributed by atoms with Gasteiger partial charge in [0, 0.05) is 29.2 Å². The third-order valence-corrected chi connectivity index (χ3v) is 8.42. The van der Waals surface area contributed by atoms with Gasteiger partial charge >= 0.3 is 0 Å². The lowest BCUT2D eigenvalue weighted by molar-refractivity contribution is 0.290. The van der Waals surface area contributed by atoms with Crippen LogP contribution in [0.25, 0.3) is 0 Å². The van der Waals surface area contributed by atoms with Gasteiger partial charge in [0.15, 0.2) is 0 Å². The zero-order valence-electron chi connectivity index (χ0n) is 10.7. The third-order valence-electron chi connectivity index (χ3n) is 4.55. The van der Waals surface area contributed by atoms with E-state index < -0.39 is 0 Å². The molecule has 1 aliphatic heterocycles. The van der Waals surface area contributed by atoms with Crippen LogP contribution in [0.2, 0.25) is 0 Å². The van der Waals surface area contributed by atoms with Crippen LogP contribution in [0, 0.1) is 11.8 Å². The summed E-state index contributed by atoms with van der Waals surface area (Å²) in [6, 6.07) is 0. The van der Waals surface area contributed by atoms with E-state index in [0.717, 1.165) is 17.1 Å². The lowest BCUT2D eigenvalue weighted by Crippen LogP contribution is -2.37. The molecular formula is C14H25S+. The van der Waals surface area contributed by atoms with Gasteiger partial charge in [-0.05, 0) is 39.2 Å². The fourth-order valence-electron chi connectivity index (χ4n) is 3.47. The molecule has 1 heterocycles. The molecule has 0 radical (unpaired) electrons. The van der Waals surface area contributed by atoms with Crippen LogP contribution >= 0.6 is 0 Å². The van der Waals surface area contributed by atoms with Gasteiger partial charge in [0.2, 0.25) is 0 Å². The first-order valence-corrected chi connectivity index (χ1v) is 7.72. The first-order chi connectivity index (χ1) is 6.93. The predicted octanol–water partition coefficient (Wildman–Crippen LogP) is 3.78. The molecule has 4 unspecified atom stereocenters. The molecule has 1 saturated carbocycles. The quantitative estimate of drug-likeness (QED) is 0.495. The van der Waals surface area contributed by atoms with Gasteiger partial charge in [-0.25, -0.2) is 0 Å². The molecule has 0 amide bonds. The van der Waals surface area contributed by atoms with E-state index in [4.69, 9.17) is 0 Å². The number of rotatable bonds is 2. The van der Waals surface area contributed by atoms with Gasteiger partial charge in [0.05, 0.1) is 0 Å². The zero-order valence-corrected chi connectivity index (χ0v) is 11.5. The Bertz CT molecular complexity index is 267. The summed E-state index contributed by atoms with van der Waals surface area (Å²) in [6.45, 7) is 13.8. The highest BCUT2D eigenvalue weighted by atomic mass is 32.2. The molecule has 0 aromatic carbocycles. The Balaban J connectivity index is 2.22. The van der Waals surface area contributed by atoms with E-state index in [1.54, 1.807) is 0 Å². The second-order valence-corrected chi connectivity index (χ2v) is 8.96. The van der Waals surface area contributed by atoms with Crippen molar-refractivity contribution in [2.24, 2.45) is 11.8 Å². The van der Waals surface area contributed by atoms with Crippen molar-refractivity contribution in [2.75, 3.05) is 5.75 Å². The van der Waals surface area contributed by atoms with Crippen LogP contribution in [0.15, 0.2) is 12.2 Å². The molecule has 2 fully saturated rings. The van der Waals surface area contributed by atoms with Crippen molar-refractivity contribution in [3.8, 4) is 0 Å². The van der Waals surface area contributed by atoms with Crippen LogP contribution in [-0.4, -0.2) is 15.7 Å². The van der Waals surface area contributed by atoms with Crippen LogP contribution in [0.1, 0.15) is 47.0 Å². The van der Waals surface area contributed by atoms with Gasteiger partial charge in [-0.1, -0.05) is 13.5 Å². The van der Waals surface area contributed by atoms with Crippen molar-refractivity contribution >= 4 is 10.9 Å². The first kappa shape index (κ1) is 11.6. The molecule has 1 saturated heterocycles. The molecular weight excluding hydrogens is 200 g/mol. The summed E-state index contributed by atoms with van der Waals surface area (Å²) < 4.78 is 0.592. The molecule has 2 bridgehead atoms. The highest BCUT2D eigenvalue weighted by Crippen LogP contribution is 2.52. The summed E-state index contributed by atoms with van der Waals surface area (Å²) in [5, 5.41) is 1.01. The van der Waals surface area contributed by atoms with Gasteiger partial charge in [-0.2, -0.15) is 0 Å². The van der Waals surface area contributed by atoms with Gasteiger partial charge < -0.3 is 0 Å². The molecule has 1 heteroatoms. The van der Waals surface area contributed by atoms with Crippen LogP contribution in [-0.2, 0) is 10.9 Å². The van der Waals surface area contributed by atoms with Crippen molar-refractivity contribution < 1.29 is 0 Å². The molecule has 0 aromatic rings. The Morgan fingerprint density at radius 2 is 2.07 bits per heavy atom. The van der Waals surface area contributed by atoms with Crippen molar-refractivity contribution in [1.29, 1.82) is 0 Å². The van der Waals surface area contributed by atoms with Crippen LogP contribution < -0.4 is 0 Å². The minimum Gasteiger partial charge on any atom is -0.0955 e. The molecule has 4 atom stereocenters. The van der Waals surface area contributed by atoms with Gasteiger partial charge in [-0.15, -0.1) is 0 Å². The SMILES string of the molecule is C=C(C)C[S+]1C2CC(CCC2C)C1(C)C. The average molecular weight is 225 g/mol. The van der Waals surface area contributed by atoms with E-state index in [1.807, 2.05) is 0 Å². The lowest BCUT2D eigenvalue weighted by Gasteiger charge is -2.24. The van der Waals surface area contributed by atoms with Crippen molar-refractivity contribution in [2.45, 2.75) is 57.0 Å². The molecule has 0 aromatic heterocycles. The van der Waals surface area contributed by atoms with Crippen molar-refractivity contribution in [3.05, 3.63) is 12.2 Å². The normalized spacial score (nSPS) is 42.9. The summed E-state index contributed by atoms with van der Waals surface area (Å²) in [4.78, 5) is 0. The van der Waals surface area contributed by atoms with Crippen molar-refractivity contribution in [3.63, 3.8) is 0 Å². The Hall–Kier alpha value is 0.0900. The topological polar surface area (TPSA) is 0 Å². The summed E-state index contributed by atoms with van der Waals surface area (Å²) in [7, 11) is 0.597. The van der Waals surface area contributed by atoms with Crippen LogP contribution in [0.5, 0.6) is 0 Å².